The minimum atomic E-state index is 0.237. The van der Waals surface area contributed by atoms with Gasteiger partial charge >= 0.3 is 0 Å². The molecule has 6 heteroatoms. The number of carbonyl (C=O) groups excluding carboxylic acids is 1. The number of nitrogens with zero attached hydrogens (tertiary/aromatic N) is 2. The maximum atomic E-state index is 12.2. The molecule has 0 aliphatic carbocycles. The molecule has 1 aliphatic heterocycles. The lowest BCUT2D eigenvalue weighted by atomic mass is 10.3. The maximum Gasteiger partial charge on any atom is 0.236 e. The monoisotopic (exact) mass is 345 g/mol. The van der Waals surface area contributed by atoms with Crippen LogP contribution < -0.4 is 5.32 Å². The summed E-state index contributed by atoms with van der Waals surface area (Å²) in [6, 6.07) is 2.11. The molecule has 0 bridgehead atoms. The summed E-state index contributed by atoms with van der Waals surface area (Å²) in [4.78, 5) is 16.3. The van der Waals surface area contributed by atoms with Crippen molar-refractivity contribution in [3.8, 4) is 0 Å². The Bertz CT molecular complexity index is 416. The van der Waals surface area contributed by atoms with Crippen LogP contribution in [0.2, 0.25) is 0 Å². The van der Waals surface area contributed by atoms with Crippen molar-refractivity contribution in [2.24, 2.45) is 0 Å². The van der Waals surface area contributed by atoms with Crippen LogP contribution in [0.25, 0.3) is 0 Å². The van der Waals surface area contributed by atoms with E-state index in [1.54, 1.807) is 11.3 Å². The molecule has 0 spiro atoms. The van der Waals surface area contributed by atoms with Gasteiger partial charge in [-0.25, -0.2) is 0 Å². The molecule has 2 heterocycles. The van der Waals surface area contributed by atoms with Crippen LogP contribution in [0.15, 0.2) is 15.2 Å². The van der Waals surface area contributed by atoms with Gasteiger partial charge < -0.3 is 10.2 Å². The zero-order valence-corrected chi connectivity index (χ0v) is 13.6. The second-order valence-corrected chi connectivity index (χ2v) is 7.21. The highest BCUT2D eigenvalue weighted by Crippen LogP contribution is 2.21. The van der Waals surface area contributed by atoms with Crippen molar-refractivity contribution in [2.75, 3.05) is 39.8 Å². The van der Waals surface area contributed by atoms with Crippen LogP contribution in [0.5, 0.6) is 0 Å². The molecule has 1 aromatic heterocycles. The first-order chi connectivity index (χ1) is 9.15. The molecule has 0 saturated carbocycles. The predicted octanol–water partition coefficient (Wildman–Crippen LogP) is 1.76. The fraction of sp³-hybridized carbons (Fsp3) is 0.615. The molecule has 4 nitrogen and oxygen atoms in total. The number of nitrogens with one attached hydrogen (secondary N) is 1. The Hall–Kier alpha value is -0.430. The van der Waals surface area contributed by atoms with Crippen molar-refractivity contribution in [3.05, 3.63) is 20.8 Å². The summed E-state index contributed by atoms with van der Waals surface area (Å²) in [5.41, 5.74) is 1.25. The number of hydrogen-bond donors (Lipinski definition) is 1. The largest absolute Gasteiger partial charge is 0.340 e. The molecule has 1 amide bonds. The quantitative estimate of drug-likeness (QED) is 0.903. The first-order valence-electron chi connectivity index (χ1n) is 6.55. The van der Waals surface area contributed by atoms with Crippen LogP contribution in [-0.4, -0.2) is 55.5 Å². The molecular formula is C13H20BrN3OS. The van der Waals surface area contributed by atoms with Gasteiger partial charge in [0.05, 0.1) is 10.3 Å². The van der Waals surface area contributed by atoms with E-state index in [0.29, 0.717) is 6.54 Å². The molecule has 1 aliphatic rings. The third kappa shape index (κ3) is 4.87. The van der Waals surface area contributed by atoms with Gasteiger partial charge in [-0.15, -0.1) is 11.3 Å². The van der Waals surface area contributed by atoms with E-state index >= 15 is 0 Å². The molecule has 1 saturated heterocycles. The van der Waals surface area contributed by atoms with E-state index in [4.69, 9.17) is 0 Å². The smallest absolute Gasteiger partial charge is 0.236 e. The summed E-state index contributed by atoms with van der Waals surface area (Å²) >= 11 is 5.14. The topological polar surface area (TPSA) is 35.6 Å². The van der Waals surface area contributed by atoms with E-state index in [1.165, 1.54) is 5.56 Å². The van der Waals surface area contributed by atoms with Gasteiger partial charge in [0.15, 0.2) is 0 Å². The van der Waals surface area contributed by atoms with E-state index in [-0.39, 0.29) is 5.91 Å². The molecular weight excluding hydrogens is 326 g/mol. The van der Waals surface area contributed by atoms with Gasteiger partial charge in [-0.05, 0) is 53.0 Å². The number of amides is 1. The summed E-state index contributed by atoms with van der Waals surface area (Å²) in [5, 5.41) is 5.44. The van der Waals surface area contributed by atoms with Crippen LogP contribution in [0, 0.1) is 0 Å². The number of likely N-dealkylation sites (N-methyl/N-ethyl adjacent to an activating group) is 1. The van der Waals surface area contributed by atoms with Crippen LogP contribution in [-0.2, 0) is 11.3 Å². The van der Waals surface area contributed by atoms with Crippen LogP contribution in [0.4, 0.5) is 0 Å². The number of carbonyl (C=O) groups is 1. The predicted molar refractivity (Wildman–Crippen MR) is 82.4 cm³/mol. The summed E-state index contributed by atoms with van der Waals surface area (Å²) < 4.78 is 1.14. The van der Waals surface area contributed by atoms with E-state index < -0.39 is 0 Å². The SMILES string of the molecule is CN(CC(=O)N1CCCNCC1)Cc1csc(Br)c1. The Morgan fingerprint density at radius 1 is 1.53 bits per heavy atom. The van der Waals surface area contributed by atoms with Crippen molar-refractivity contribution in [3.63, 3.8) is 0 Å². The van der Waals surface area contributed by atoms with Crippen molar-refractivity contribution in [1.82, 2.24) is 15.1 Å². The molecule has 0 radical (unpaired) electrons. The summed E-state index contributed by atoms with van der Waals surface area (Å²) in [6.07, 6.45) is 1.05. The lowest BCUT2D eigenvalue weighted by Crippen LogP contribution is -2.40. The third-order valence-corrected chi connectivity index (χ3v) is 4.73. The standard InChI is InChI=1S/C13H20BrN3OS/c1-16(8-11-7-12(14)19-10-11)9-13(18)17-5-2-3-15-4-6-17/h7,10,15H,2-6,8-9H2,1H3. The Balaban J connectivity index is 1.80. The highest BCUT2D eigenvalue weighted by atomic mass is 79.9. The molecule has 0 atom stereocenters. The van der Waals surface area contributed by atoms with Crippen LogP contribution in [0.1, 0.15) is 12.0 Å². The average molecular weight is 346 g/mol. The van der Waals surface area contributed by atoms with E-state index in [9.17, 15) is 4.79 Å². The van der Waals surface area contributed by atoms with Crippen LogP contribution in [0.3, 0.4) is 0 Å². The van der Waals surface area contributed by atoms with Gasteiger partial charge in [0, 0.05) is 26.2 Å². The summed E-state index contributed by atoms with van der Waals surface area (Å²) in [7, 11) is 2.00. The van der Waals surface area contributed by atoms with Crippen molar-refractivity contribution >= 4 is 33.2 Å². The Morgan fingerprint density at radius 3 is 3.11 bits per heavy atom. The zero-order chi connectivity index (χ0) is 13.7. The Labute approximate surface area is 126 Å². The lowest BCUT2D eigenvalue weighted by molar-refractivity contribution is -0.132. The highest BCUT2D eigenvalue weighted by Gasteiger charge is 2.16. The van der Waals surface area contributed by atoms with Gasteiger partial charge in [-0.1, -0.05) is 0 Å². The minimum absolute atomic E-state index is 0.237. The second-order valence-electron chi connectivity index (χ2n) is 4.92. The van der Waals surface area contributed by atoms with Crippen molar-refractivity contribution in [1.29, 1.82) is 0 Å². The number of halogens is 1. The lowest BCUT2D eigenvalue weighted by Gasteiger charge is -2.23. The fourth-order valence-electron chi connectivity index (χ4n) is 2.22. The molecule has 1 fully saturated rings. The van der Waals surface area contributed by atoms with Crippen molar-refractivity contribution in [2.45, 2.75) is 13.0 Å². The minimum Gasteiger partial charge on any atom is -0.340 e. The van der Waals surface area contributed by atoms with Gasteiger partial charge in [-0.2, -0.15) is 0 Å². The van der Waals surface area contributed by atoms with Gasteiger partial charge in [0.25, 0.3) is 0 Å². The fourth-order valence-corrected chi connectivity index (χ4v) is 3.42. The Morgan fingerprint density at radius 2 is 2.37 bits per heavy atom. The molecule has 2 rings (SSSR count). The highest BCUT2D eigenvalue weighted by molar-refractivity contribution is 9.11. The van der Waals surface area contributed by atoms with Crippen molar-refractivity contribution < 1.29 is 4.79 Å². The normalized spacial score (nSPS) is 16.7. The van der Waals surface area contributed by atoms with Gasteiger partial charge in [0.2, 0.25) is 5.91 Å². The first kappa shape index (κ1) is 15.0. The van der Waals surface area contributed by atoms with Crippen LogP contribution >= 0.6 is 27.3 Å². The van der Waals surface area contributed by atoms with E-state index in [0.717, 1.165) is 42.9 Å². The van der Waals surface area contributed by atoms with Gasteiger partial charge in [0.1, 0.15) is 0 Å². The van der Waals surface area contributed by atoms with E-state index in [1.807, 2.05) is 11.9 Å². The second kappa shape index (κ2) is 7.38. The molecule has 1 N–H and O–H groups in total. The molecule has 0 aromatic carbocycles. The Kier molecular flexibility index (Phi) is 5.81. The molecule has 106 valence electrons. The number of hydrogen-bond acceptors (Lipinski definition) is 4. The molecule has 0 unspecified atom stereocenters. The number of thiophene rings is 1. The average Bonchev–Trinajstić information content (AvgIpc) is 2.64. The first-order valence-corrected chi connectivity index (χ1v) is 8.22. The summed E-state index contributed by atoms with van der Waals surface area (Å²) in [6.45, 7) is 4.95. The van der Waals surface area contributed by atoms with E-state index in [2.05, 4.69) is 37.6 Å². The summed E-state index contributed by atoms with van der Waals surface area (Å²) in [5.74, 6) is 0.237. The zero-order valence-electron chi connectivity index (χ0n) is 11.2. The maximum absolute atomic E-state index is 12.2. The molecule has 19 heavy (non-hydrogen) atoms. The molecule has 1 aromatic rings. The number of rotatable bonds is 4. The third-order valence-electron chi connectivity index (χ3n) is 3.17. The van der Waals surface area contributed by atoms with Gasteiger partial charge in [-0.3, -0.25) is 9.69 Å².